The van der Waals surface area contributed by atoms with Crippen molar-refractivity contribution in [2.24, 2.45) is 0 Å². The zero-order chi connectivity index (χ0) is 14.5. The highest BCUT2D eigenvalue weighted by molar-refractivity contribution is 8.13. The number of hydrogen-bond donors (Lipinski definition) is 1. The Hall–Kier alpha value is -1.24. The SMILES string of the molecule is CN(C)/C=C/C(=N)SCc1cc(F)cc2c1OCOC2.Cl. The number of hydrogen-bond acceptors (Lipinski definition) is 5. The van der Waals surface area contributed by atoms with Gasteiger partial charge in [-0.15, -0.1) is 24.2 Å². The third-order valence-corrected chi connectivity index (χ3v) is 3.56. The molecule has 0 amide bonds. The number of nitrogens with one attached hydrogen (secondary N) is 1. The number of ether oxygens (including phenoxy) is 2. The molecule has 2 rings (SSSR count). The van der Waals surface area contributed by atoms with Crippen LogP contribution in [0.15, 0.2) is 24.4 Å². The lowest BCUT2D eigenvalue weighted by Crippen LogP contribution is -2.13. The van der Waals surface area contributed by atoms with Gasteiger partial charge in [-0.1, -0.05) is 0 Å². The van der Waals surface area contributed by atoms with E-state index in [0.717, 1.165) is 11.1 Å². The molecule has 0 saturated carbocycles. The first-order chi connectivity index (χ1) is 9.56. The molecule has 0 aromatic heterocycles. The van der Waals surface area contributed by atoms with Gasteiger partial charge in [0.05, 0.1) is 11.7 Å². The minimum Gasteiger partial charge on any atom is -0.467 e. The lowest BCUT2D eigenvalue weighted by atomic mass is 10.1. The maximum absolute atomic E-state index is 13.5. The van der Waals surface area contributed by atoms with Crippen LogP contribution in [0, 0.1) is 11.2 Å². The average molecular weight is 333 g/mol. The summed E-state index contributed by atoms with van der Waals surface area (Å²) in [7, 11) is 3.79. The number of benzene rings is 1. The van der Waals surface area contributed by atoms with E-state index in [4.69, 9.17) is 14.9 Å². The zero-order valence-corrected chi connectivity index (χ0v) is 13.5. The van der Waals surface area contributed by atoms with Crippen LogP contribution in [0.4, 0.5) is 4.39 Å². The van der Waals surface area contributed by atoms with E-state index in [0.29, 0.717) is 23.2 Å². The van der Waals surface area contributed by atoms with Crippen molar-refractivity contribution in [1.82, 2.24) is 4.90 Å². The average Bonchev–Trinajstić information content (AvgIpc) is 2.42. The van der Waals surface area contributed by atoms with E-state index < -0.39 is 0 Å². The van der Waals surface area contributed by atoms with Gasteiger partial charge in [0, 0.05) is 37.2 Å². The molecule has 0 saturated heterocycles. The van der Waals surface area contributed by atoms with Gasteiger partial charge in [0.15, 0.2) is 6.79 Å². The van der Waals surface area contributed by atoms with Crippen molar-refractivity contribution in [1.29, 1.82) is 5.41 Å². The lowest BCUT2D eigenvalue weighted by Gasteiger charge is -2.20. The van der Waals surface area contributed by atoms with E-state index in [-0.39, 0.29) is 25.0 Å². The van der Waals surface area contributed by atoms with Crippen LogP contribution in [0.5, 0.6) is 5.75 Å². The fourth-order valence-corrected chi connectivity index (χ4v) is 2.47. The summed E-state index contributed by atoms with van der Waals surface area (Å²) in [5.41, 5.74) is 1.48. The molecule has 1 aliphatic rings. The number of nitrogens with zero attached hydrogens (tertiary/aromatic N) is 1. The van der Waals surface area contributed by atoms with Gasteiger partial charge >= 0.3 is 0 Å². The molecule has 1 heterocycles. The first kappa shape index (κ1) is 17.8. The van der Waals surface area contributed by atoms with Gasteiger partial charge in [0.25, 0.3) is 0 Å². The molecule has 1 aromatic rings. The van der Waals surface area contributed by atoms with Gasteiger partial charge in [-0.05, 0) is 18.2 Å². The summed E-state index contributed by atoms with van der Waals surface area (Å²) < 4.78 is 24.1. The summed E-state index contributed by atoms with van der Waals surface area (Å²) in [5.74, 6) is 0.884. The Kier molecular flexibility index (Phi) is 7.01. The van der Waals surface area contributed by atoms with Crippen LogP contribution in [0.25, 0.3) is 0 Å². The largest absolute Gasteiger partial charge is 0.467 e. The van der Waals surface area contributed by atoms with Crippen LogP contribution in [-0.4, -0.2) is 30.8 Å². The predicted molar refractivity (Wildman–Crippen MR) is 85.8 cm³/mol. The van der Waals surface area contributed by atoms with Gasteiger partial charge in [0.2, 0.25) is 0 Å². The Bertz CT molecular complexity index is 538. The zero-order valence-electron chi connectivity index (χ0n) is 11.9. The maximum atomic E-state index is 13.5. The molecule has 1 aromatic carbocycles. The van der Waals surface area contributed by atoms with E-state index in [1.807, 2.05) is 19.0 Å². The molecule has 21 heavy (non-hydrogen) atoms. The summed E-state index contributed by atoms with van der Waals surface area (Å²) in [5, 5.41) is 8.24. The van der Waals surface area contributed by atoms with Gasteiger partial charge in [-0.25, -0.2) is 4.39 Å². The Labute approximate surface area is 134 Å². The molecule has 0 spiro atoms. The Morgan fingerprint density at radius 1 is 1.48 bits per heavy atom. The molecule has 0 bridgehead atoms. The third-order valence-electron chi connectivity index (χ3n) is 2.66. The van der Waals surface area contributed by atoms with Crippen molar-refractivity contribution < 1.29 is 13.9 Å². The quantitative estimate of drug-likeness (QED) is 0.678. The van der Waals surface area contributed by atoms with E-state index in [1.54, 1.807) is 12.3 Å². The summed E-state index contributed by atoms with van der Waals surface area (Å²) in [4.78, 5) is 1.86. The molecule has 7 heteroatoms. The molecular formula is C14H18ClFN2O2S. The van der Waals surface area contributed by atoms with Crippen molar-refractivity contribution in [2.75, 3.05) is 20.9 Å². The Morgan fingerprint density at radius 3 is 2.95 bits per heavy atom. The van der Waals surface area contributed by atoms with Gasteiger partial charge in [-0.2, -0.15) is 0 Å². The van der Waals surface area contributed by atoms with Crippen LogP contribution >= 0.6 is 24.2 Å². The number of thioether (sulfide) groups is 1. The van der Waals surface area contributed by atoms with Crippen LogP contribution in [-0.2, 0) is 17.1 Å². The number of fused-ring (bicyclic) bond motifs is 1. The fraction of sp³-hybridized carbons (Fsp3) is 0.357. The minimum absolute atomic E-state index is 0. The molecule has 1 aliphatic heterocycles. The van der Waals surface area contributed by atoms with Gasteiger partial charge in [0.1, 0.15) is 11.6 Å². The molecule has 116 valence electrons. The molecule has 0 radical (unpaired) electrons. The Morgan fingerprint density at radius 2 is 2.24 bits per heavy atom. The Balaban J connectivity index is 0.00000220. The van der Waals surface area contributed by atoms with Crippen LogP contribution < -0.4 is 4.74 Å². The second-order valence-electron chi connectivity index (χ2n) is 4.60. The van der Waals surface area contributed by atoms with Crippen molar-refractivity contribution in [3.05, 3.63) is 41.4 Å². The van der Waals surface area contributed by atoms with E-state index in [9.17, 15) is 4.39 Å². The van der Waals surface area contributed by atoms with Crippen molar-refractivity contribution >= 4 is 29.2 Å². The highest BCUT2D eigenvalue weighted by Gasteiger charge is 2.17. The smallest absolute Gasteiger partial charge is 0.189 e. The molecule has 0 fully saturated rings. The van der Waals surface area contributed by atoms with E-state index >= 15 is 0 Å². The monoisotopic (exact) mass is 332 g/mol. The second-order valence-corrected chi connectivity index (χ2v) is 5.61. The maximum Gasteiger partial charge on any atom is 0.189 e. The van der Waals surface area contributed by atoms with Crippen LogP contribution in [0.1, 0.15) is 11.1 Å². The first-order valence-electron chi connectivity index (χ1n) is 6.14. The molecule has 1 N–H and O–H groups in total. The number of halogens is 2. The summed E-state index contributed by atoms with van der Waals surface area (Å²) in [6, 6.07) is 2.89. The molecule has 4 nitrogen and oxygen atoms in total. The molecule has 0 unspecified atom stereocenters. The standard InChI is InChI=1S/C14H17FN2O2S.ClH/c1-17(2)4-3-13(16)20-8-11-6-12(15)5-10-7-18-9-19-14(10)11;/h3-6,16H,7-9H2,1-2H3;1H/b4-3+,16-13?;. The van der Waals surface area contributed by atoms with Gasteiger partial charge in [-0.3, -0.25) is 5.41 Å². The third kappa shape index (κ3) is 5.22. The molecule has 0 atom stereocenters. The normalized spacial score (nSPS) is 13.3. The van der Waals surface area contributed by atoms with Crippen molar-refractivity contribution in [3.8, 4) is 5.75 Å². The summed E-state index contributed by atoms with van der Waals surface area (Å²) in [6.07, 6.45) is 3.51. The lowest BCUT2D eigenvalue weighted by molar-refractivity contribution is -0.0171. The second kappa shape index (κ2) is 8.26. The van der Waals surface area contributed by atoms with Crippen LogP contribution in [0.3, 0.4) is 0 Å². The van der Waals surface area contributed by atoms with E-state index in [2.05, 4.69) is 0 Å². The summed E-state index contributed by atoms with van der Waals surface area (Å²) >= 11 is 1.34. The van der Waals surface area contributed by atoms with Crippen molar-refractivity contribution in [3.63, 3.8) is 0 Å². The minimum atomic E-state index is -0.302. The van der Waals surface area contributed by atoms with Crippen molar-refractivity contribution in [2.45, 2.75) is 12.4 Å². The highest BCUT2D eigenvalue weighted by atomic mass is 35.5. The topological polar surface area (TPSA) is 45.6 Å². The van der Waals surface area contributed by atoms with Crippen LogP contribution in [0.2, 0.25) is 0 Å². The summed E-state index contributed by atoms with van der Waals surface area (Å²) in [6.45, 7) is 0.553. The first-order valence-corrected chi connectivity index (χ1v) is 7.12. The predicted octanol–water partition coefficient (Wildman–Crippen LogP) is 3.40. The fourth-order valence-electron chi connectivity index (χ4n) is 1.78. The molecule has 0 aliphatic carbocycles. The van der Waals surface area contributed by atoms with Gasteiger partial charge < -0.3 is 14.4 Å². The molecular weight excluding hydrogens is 315 g/mol. The van der Waals surface area contributed by atoms with E-state index in [1.165, 1.54) is 23.9 Å². The highest BCUT2D eigenvalue weighted by Crippen LogP contribution is 2.32. The number of rotatable bonds is 4.